The zero-order valence-electron chi connectivity index (χ0n) is 12.7. The number of carbonyl (C=O) groups excluding carboxylic acids is 1. The first kappa shape index (κ1) is 15.5. The van der Waals surface area contributed by atoms with Crippen molar-refractivity contribution in [3.8, 4) is 0 Å². The molecular weight excluding hydrogens is 295 g/mol. The smallest absolute Gasteiger partial charge is 0.410 e. The van der Waals surface area contributed by atoms with E-state index in [0.29, 0.717) is 13.0 Å². The molecule has 120 valence electrons. The molecule has 4 nitrogen and oxygen atoms in total. The summed E-state index contributed by atoms with van der Waals surface area (Å²) in [6, 6.07) is 15.4. The Labute approximate surface area is 134 Å². The van der Waals surface area contributed by atoms with Crippen molar-refractivity contribution in [2.75, 3.05) is 6.54 Å². The molecule has 0 radical (unpaired) electrons. The van der Waals surface area contributed by atoms with Crippen LogP contribution in [0.25, 0.3) is 0 Å². The molecular formula is C18H19FN2O2. The molecule has 23 heavy (non-hydrogen) atoms. The molecule has 2 atom stereocenters. The van der Waals surface area contributed by atoms with Gasteiger partial charge < -0.3 is 10.5 Å². The largest absolute Gasteiger partial charge is 0.445 e. The van der Waals surface area contributed by atoms with Gasteiger partial charge in [0.05, 0.1) is 6.04 Å². The molecule has 1 saturated heterocycles. The molecule has 1 aliphatic heterocycles. The van der Waals surface area contributed by atoms with Gasteiger partial charge in [0.25, 0.3) is 0 Å². The average molecular weight is 314 g/mol. The molecule has 1 amide bonds. The number of likely N-dealkylation sites (tertiary alicyclic amines) is 1. The number of ether oxygens (including phenoxy) is 1. The third kappa shape index (κ3) is 3.68. The first-order chi connectivity index (χ1) is 11.1. The van der Waals surface area contributed by atoms with Crippen molar-refractivity contribution < 1.29 is 13.9 Å². The maximum Gasteiger partial charge on any atom is 0.410 e. The van der Waals surface area contributed by atoms with Gasteiger partial charge in [-0.2, -0.15) is 0 Å². The van der Waals surface area contributed by atoms with E-state index in [-0.39, 0.29) is 24.5 Å². The molecule has 5 heteroatoms. The Balaban J connectivity index is 1.70. The van der Waals surface area contributed by atoms with Gasteiger partial charge >= 0.3 is 6.09 Å². The van der Waals surface area contributed by atoms with Crippen molar-refractivity contribution in [2.24, 2.45) is 5.73 Å². The Hall–Kier alpha value is -2.40. The van der Waals surface area contributed by atoms with E-state index >= 15 is 0 Å². The van der Waals surface area contributed by atoms with E-state index in [4.69, 9.17) is 10.5 Å². The topological polar surface area (TPSA) is 55.6 Å². The van der Waals surface area contributed by atoms with Gasteiger partial charge in [-0.05, 0) is 29.7 Å². The number of carbonyl (C=O) groups is 1. The normalized spacial score (nSPS) is 20.5. The summed E-state index contributed by atoms with van der Waals surface area (Å²) in [6.45, 7) is 0.621. The van der Waals surface area contributed by atoms with Crippen LogP contribution in [0.2, 0.25) is 0 Å². The molecule has 2 aromatic rings. The number of rotatable bonds is 3. The highest BCUT2D eigenvalue weighted by Gasteiger charge is 2.35. The first-order valence-corrected chi connectivity index (χ1v) is 7.62. The molecule has 1 heterocycles. The van der Waals surface area contributed by atoms with E-state index in [2.05, 4.69) is 0 Å². The lowest BCUT2D eigenvalue weighted by Crippen LogP contribution is -2.33. The zero-order valence-corrected chi connectivity index (χ0v) is 12.7. The second kappa shape index (κ2) is 6.79. The highest BCUT2D eigenvalue weighted by Crippen LogP contribution is 2.32. The SMILES string of the molecule is NC1CC(c2cccc(F)c2)N(C(=O)OCc2ccccc2)C1. The number of hydrogen-bond donors (Lipinski definition) is 1. The van der Waals surface area contributed by atoms with Gasteiger partial charge in [0, 0.05) is 12.6 Å². The van der Waals surface area contributed by atoms with Gasteiger partial charge in [0.1, 0.15) is 12.4 Å². The standard InChI is InChI=1S/C18H19FN2O2/c19-15-8-4-7-14(9-15)17-10-16(20)11-21(17)18(22)23-12-13-5-2-1-3-6-13/h1-9,16-17H,10-12,20H2. The summed E-state index contributed by atoms with van der Waals surface area (Å²) >= 11 is 0. The second-order valence-electron chi connectivity index (χ2n) is 5.76. The maximum atomic E-state index is 13.4. The van der Waals surface area contributed by atoms with Crippen LogP contribution in [-0.2, 0) is 11.3 Å². The fourth-order valence-electron chi connectivity index (χ4n) is 2.90. The quantitative estimate of drug-likeness (QED) is 0.946. The lowest BCUT2D eigenvalue weighted by molar-refractivity contribution is 0.0917. The third-order valence-corrected chi connectivity index (χ3v) is 4.01. The number of nitrogens with zero attached hydrogens (tertiary/aromatic N) is 1. The van der Waals surface area contributed by atoms with E-state index in [1.165, 1.54) is 12.1 Å². The average Bonchev–Trinajstić information content (AvgIpc) is 2.96. The minimum Gasteiger partial charge on any atom is -0.445 e. The van der Waals surface area contributed by atoms with Gasteiger partial charge in [-0.25, -0.2) is 9.18 Å². The minimum atomic E-state index is -0.420. The van der Waals surface area contributed by atoms with Crippen LogP contribution in [0, 0.1) is 5.82 Å². The molecule has 1 fully saturated rings. The highest BCUT2D eigenvalue weighted by molar-refractivity contribution is 5.69. The highest BCUT2D eigenvalue weighted by atomic mass is 19.1. The maximum absolute atomic E-state index is 13.4. The summed E-state index contributed by atoms with van der Waals surface area (Å²) in [4.78, 5) is 14.0. The molecule has 2 unspecified atom stereocenters. The van der Waals surface area contributed by atoms with Gasteiger partial charge in [-0.15, -0.1) is 0 Å². The predicted molar refractivity (Wildman–Crippen MR) is 85.1 cm³/mol. The van der Waals surface area contributed by atoms with E-state index in [1.807, 2.05) is 36.4 Å². The summed E-state index contributed by atoms with van der Waals surface area (Å²) in [5, 5.41) is 0. The summed E-state index contributed by atoms with van der Waals surface area (Å²) < 4.78 is 18.8. The van der Waals surface area contributed by atoms with Crippen molar-refractivity contribution in [1.82, 2.24) is 4.90 Å². The lowest BCUT2D eigenvalue weighted by atomic mass is 10.0. The predicted octanol–water partition coefficient (Wildman–Crippen LogP) is 3.24. The van der Waals surface area contributed by atoms with Crippen molar-refractivity contribution in [3.63, 3.8) is 0 Å². The molecule has 0 aliphatic carbocycles. The zero-order chi connectivity index (χ0) is 16.2. The van der Waals surface area contributed by atoms with Crippen LogP contribution < -0.4 is 5.73 Å². The van der Waals surface area contributed by atoms with Crippen LogP contribution >= 0.6 is 0 Å². The molecule has 0 aromatic heterocycles. The van der Waals surface area contributed by atoms with E-state index in [0.717, 1.165) is 11.1 Å². The van der Waals surface area contributed by atoms with Crippen LogP contribution in [0.3, 0.4) is 0 Å². The number of benzene rings is 2. The Morgan fingerprint density at radius 3 is 2.74 bits per heavy atom. The summed E-state index contributed by atoms with van der Waals surface area (Å²) in [7, 11) is 0. The fourth-order valence-corrected chi connectivity index (χ4v) is 2.90. The Kier molecular flexibility index (Phi) is 4.57. The number of hydrogen-bond acceptors (Lipinski definition) is 3. The van der Waals surface area contributed by atoms with Gasteiger partial charge in [0.15, 0.2) is 0 Å². The molecule has 2 N–H and O–H groups in total. The fraction of sp³-hybridized carbons (Fsp3) is 0.278. The Morgan fingerprint density at radius 2 is 2.00 bits per heavy atom. The molecule has 0 bridgehead atoms. The number of halogens is 1. The number of amides is 1. The molecule has 0 spiro atoms. The van der Waals surface area contributed by atoms with Crippen molar-refractivity contribution in [1.29, 1.82) is 0 Å². The van der Waals surface area contributed by atoms with Crippen LogP contribution in [-0.4, -0.2) is 23.6 Å². The van der Waals surface area contributed by atoms with Crippen LogP contribution in [0.5, 0.6) is 0 Å². The Bertz CT molecular complexity index is 678. The third-order valence-electron chi connectivity index (χ3n) is 4.01. The van der Waals surface area contributed by atoms with Crippen LogP contribution in [0.4, 0.5) is 9.18 Å². The molecule has 3 rings (SSSR count). The summed E-state index contributed by atoms with van der Waals surface area (Å²) in [5.41, 5.74) is 7.66. The number of nitrogens with two attached hydrogens (primary N) is 1. The van der Waals surface area contributed by atoms with E-state index < -0.39 is 6.09 Å². The van der Waals surface area contributed by atoms with Crippen LogP contribution in [0.1, 0.15) is 23.6 Å². The van der Waals surface area contributed by atoms with Crippen molar-refractivity contribution in [2.45, 2.75) is 25.1 Å². The van der Waals surface area contributed by atoms with Gasteiger partial charge in [-0.3, -0.25) is 4.90 Å². The summed E-state index contributed by atoms with van der Waals surface area (Å²) in [6.07, 6.45) is 0.181. The lowest BCUT2D eigenvalue weighted by Gasteiger charge is -2.24. The summed E-state index contributed by atoms with van der Waals surface area (Å²) in [5.74, 6) is -0.319. The molecule has 0 saturated carbocycles. The van der Waals surface area contributed by atoms with Gasteiger partial charge in [0.2, 0.25) is 0 Å². The van der Waals surface area contributed by atoms with Crippen LogP contribution in [0.15, 0.2) is 54.6 Å². The first-order valence-electron chi connectivity index (χ1n) is 7.62. The van der Waals surface area contributed by atoms with E-state index in [9.17, 15) is 9.18 Å². The monoisotopic (exact) mass is 314 g/mol. The van der Waals surface area contributed by atoms with Crippen molar-refractivity contribution in [3.05, 3.63) is 71.5 Å². The van der Waals surface area contributed by atoms with E-state index in [1.54, 1.807) is 11.0 Å². The minimum absolute atomic E-state index is 0.132. The van der Waals surface area contributed by atoms with Gasteiger partial charge in [-0.1, -0.05) is 42.5 Å². The second-order valence-corrected chi connectivity index (χ2v) is 5.76. The molecule has 1 aliphatic rings. The van der Waals surface area contributed by atoms with Crippen molar-refractivity contribution >= 4 is 6.09 Å². The Morgan fingerprint density at radius 1 is 1.22 bits per heavy atom. The molecule has 2 aromatic carbocycles.